The second-order valence-corrected chi connectivity index (χ2v) is 6.44. The molecule has 1 fully saturated rings. The maximum atomic E-state index is 11.9. The molecule has 6 nitrogen and oxygen atoms in total. The Balaban J connectivity index is 2.38. The van der Waals surface area contributed by atoms with Crippen molar-refractivity contribution >= 4 is 11.8 Å². The first kappa shape index (κ1) is 14.4. The van der Waals surface area contributed by atoms with E-state index >= 15 is 0 Å². The van der Waals surface area contributed by atoms with Gasteiger partial charge < -0.3 is 10.2 Å². The Kier molecular flexibility index (Phi) is 4.17. The smallest absolute Gasteiger partial charge is 0.329 e. The number of aromatic amines is 1. The molecule has 0 aromatic carbocycles. The summed E-state index contributed by atoms with van der Waals surface area (Å²) in [6.45, 7) is 3.64. The first-order valence-corrected chi connectivity index (χ1v) is 7.18. The Bertz CT molecular complexity index is 566. The zero-order valence-electron chi connectivity index (χ0n) is 10.9. The van der Waals surface area contributed by atoms with Crippen molar-refractivity contribution in [2.24, 2.45) is 0 Å². The number of nitrogens with zero attached hydrogens (tertiary/aromatic N) is 1. The molecule has 2 heterocycles. The highest BCUT2D eigenvalue weighted by Gasteiger charge is 2.34. The number of rotatable bonds is 3. The summed E-state index contributed by atoms with van der Waals surface area (Å²) in [6, 6.07) is 0. The molecule has 2 rings (SSSR count). The van der Waals surface area contributed by atoms with E-state index in [-0.39, 0.29) is 28.7 Å². The zero-order valence-corrected chi connectivity index (χ0v) is 11.7. The summed E-state index contributed by atoms with van der Waals surface area (Å²) in [6.07, 6.45) is 1.32. The summed E-state index contributed by atoms with van der Waals surface area (Å²) in [4.78, 5) is 25.8. The van der Waals surface area contributed by atoms with Gasteiger partial charge in [-0.3, -0.25) is 14.3 Å². The van der Waals surface area contributed by atoms with Gasteiger partial charge in [-0.2, -0.15) is 0 Å². The molecule has 0 radical (unpaired) electrons. The standard InChI is InChI=1S/C12H18N2O4S/c1-6(2)7-4-14(12(18)13-11(7)17)10-3-8(16)9(5-15)19-10/h4,6,8-10,15-16H,3,5H2,1-2H3,(H,13,17,18)/t8-,9+,10+/m0/s1. The Morgan fingerprint density at radius 2 is 2.21 bits per heavy atom. The van der Waals surface area contributed by atoms with Gasteiger partial charge in [0.1, 0.15) is 0 Å². The predicted octanol–water partition coefficient (Wildman–Crippen LogP) is 0.0173. The Morgan fingerprint density at radius 1 is 1.53 bits per heavy atom. The quantitative estimate of drug-likeness (QED) is 0.728. The lowest BCUT2D eigenvalue weighted by Crippen LogP contribution is -2.33. The van der Waals surface area contributed by atoms with E-state index in [2.05, 4.69) is 4.98 Å². The van der Waals surface area contributed by atoms with E-state index in [0.717, 1.165) is 0 Å². The van der Waals surface area contributed by atoms with Crippen molar-refractivity contribution < 1.29 is 10.2 Å². The van der Waals surface area contributed by atoms with Crippen molar-refractivity contribution in [1.29, 1.82) is 0 Å². The molecule has 0 bridgehead atoms. The van der Waals surface area contributed by atoms with Gasteiger partial charge >= 0.3 is 5.69 Å². The van der Waals surface area contributed by atoms with Crippen LogP contribution in [-0.2, 0) is 0 Å². The van der Waals surface area contributed by atoms with Crippen LogP contribution >= 0.6 is 11.8 Å². The summed E-state index contributed by atoms with van der Waals surface area (Å²) < 4.78 is 1.44. The lowest BCUT2D eigenvalue weighted by Gasteiger charge is -2.15. The largest absolute Gasteiger partial charge is 0.395 e. The molecule has 1 aromatic rings. The first-order valence-electron chi connectivity index (χ1n) is 6.23. The first-order chi connectivity index (χ1) is 8.93. The SMILES string of the molecule is CC(C)c1cn([C@H]2C[C@H](O)[C@@H](CO)S2)c(=O)[nH]c1=O. The highest BCUT2D eigenvalue weighted by atomic mass is 32.2. The molecule has 106 valence electrons. The highest BCUT2D eigenvalue weighted by Crippen LogP contribution is 2.40. The van der Waals surface area contributed by atoms with Crippen LogP contribution in [0.5, 0.6) is 0 Å². The fourth-order valence-electron chi connectivity index (χ4n) is 2.18. The minimum Gasteiger partial charge on any atom is -0.395 e. The molecule has 19 heavy (non-hydrogen) atoms. The molecule has 0 spiro atoms. The van der Waals surface area contributed by atoms with Crippen molar-refractivity contribution in [1.82, 2.24) is 9.55 Å². The highest BCUT2D eigenvalue weighted by molar-refractivity contribution is 8.00. The van der Waals surface area contributed by atoms with Crippen LogP contribution in [0.1, 0.15) is 37.1 Å². The molecule has 1 saturated heterocycles. The second-order valence-electron chi connectivity index (χ2n) is 5.02. The van der Waals surface area contributed by atoms with Crippen molar-refractivity contribution in [2.45, 2.75) is 42.9 Å². The van der Waals surface area contributed by atoms with Gasteiger partial charge in [-0.25, -0.2) is 4.79 Å². The van der Waals surface area contributed by atoms with Crippen LogP contribution in [0, 0.1) is 0 Å². The number of thioether (sulfide) groups is 1. The Morgan fingerprint density at radius 3 is 2.74 bits per heavy atom. The van der Waals surface area contributed by atoms with Crippen LogP contribution < -0.4 is 11.2 Å². The van der Waals surface area contributed by atoms with E-state index < -0.39 is 11.8 Å². The lowest BCUT2D eigenvalue weighted by atomic mass is 10.1. The maximum absolute atomic E-state index is 11.9. The summed E-state index contributed by atoms with van der Waals surface area (Å²) in [5, 5.41) is 18.4. The molecule has 0 unspecified atom stereocenters. The van der Waals surface area contributed by atoms with Crippen molar-refractivity contribution in [3.8, 4) is 0 Å². The summed E-state index contributed by atoms with van der Waals surface area (Å²) in [5.74, 6) is 0.0144. The molecular weight excluding hydrogens is 268 g/mol. The molecule has 3 N–H and O–H groups in total. The number of hydrogen-bond acceptors (Lipinski definition) is 5. The number of aliphatic hydroxyl groups excluding tert-OH is 2. The van der Waals surface area contributed by atoms with Crippen LogP contribution in [0.4, 0.5) is 0 Å². The fraction of sp³-hybridized carbons (Fsp3) is 0.667. The molecular formula is C12H18N2O4S. The number of hydrogen-bond donors (Lipinski definition) is 3. The van der Waals surface area contributed by atoms with E-state index in [1.165, 1.54) is 16.3 Å². The van der Waals surface area contributed by atoms with E-state index in [9.17, 15) is 14.7 Å². The monoisotopic (exact) mass is 286 g/mol. The van der Waals surface area contributed by atoms with Crippen molar-refractivity contribution in [2.75, 3.05) is 6.61 Å². The summed E-state index contributed by atoms with van der Waals surface area (Å²) >= 11 is 1.35. The fourth-order valence-corrected chi connectivity index (χ4v) is 3.55. The molecule has 0 amide bonds. The normalized spacial score (nSPS) is 27.1. The van der Waals surface area contributed by atoms with Crippen LogP contribution in [0.3, 0.4) is 0 Å². The molecule has 3 atom stereocenters. The minimum absolute atomic E-state index is 0.0144. The van der Waals surface area contributed by atoms with Gasteiger partial charge in [-0.15, -0.1) is 11.8 Å². The third kappa shape index (κ3) is 2.77. The molecule has 1 aliphatic heterocycles. The van der Waals surface area contributed by atoms with Crippen LogP contribution in [0.2, 0.25) is 0 Å². The summed E-state index contributed by atoms with van der Waals surface area (Å²) in [7, 11) is 0. The molecule has 0 saturated carbocycles. The molecule has 0 aliphatic carbocycles. The van der Waals surface area contributed by atoms with Gasteiger partial charge in [0.15, 0.2) is 0 Å². The van der Waals surface area contributed by atoms with E-state index in [4.69, 9.17) is 5.11 Å². The lowest BCUT2D eigenvalue weighted by molar-refractivity contribution is 0.137. The second kappa shape index (κ2) is 5.52. The zero-order chi connectivity index (χ0) is 14.2. The van der Waals surface area contributed by atoms with Gasteiger partial charge in [0.25, 0.3) is 5.56 Å². The molecule has 1 aliphatic rings. The van der Waals surface area contributed by atoms with E-state index in [1.54, 1.807) is 6.20 Å². The maximum Gasteiger partial charge on any atom is 0.329 e. The average Bonchev–Trinajstić information content (AvgIpc) is 2.69. The van der Waals surface area contributed by atoms with E-state index in [0.29, 0.717) is 12.0 Å². The third-order valence-corrected chi connectivity index (χ3v) is 4.86. The number of aromatic nitrogens is 2. The van der Waals surface area contributed by atoms with Crippen LogP contribution in [-0.4, -0.2) is 37.7 Å². The van der Waals surface area contributed by atoms with E-state index in [1.807, 2.05) is 13.8 Å². The predicted molar refractivity (Wildman–Crippen MR) is 73.5 cm³/mol. The van der Waals surface area contributed by atoms with Gasteiger partial charge in [-0.05, 0) is 5.92 Å². The minimum atomic E-state index is -0.638. The van der Waals surface area contributed by atoms with Crippen LogP contribution in [0.15, 0.2) is 15.8 Å². The van der Waals surface area contributed by atoms with Gasteiger partial charge in [0, 0.05) is 18.2 Å². The van der Waals surface area contributed by atoms with Gasteiger partial charge in [0.2, 0.25) is 0 Å². The molecule has 7 heteroatoms. The average molecular weight is 286 g/mol. The number of aliphatic hydroxyl groups is 2. The van der Waals surface area contributed by atoms with Gasteiger partial charge in [-0.1, -0.05) is 13.8 Å². The van der Waals surface area contributed by atoms with Crippen molar-refractivity contribution in [3.05, 3.63) is 32.6 Å². The number of nitrogens with one attached hydrogen (secondary N) is 1. The van der Waals surface area contributed by atoms with Crippen molar-refractivity contribution in [3.63, 3.8) is 0 Å². The topological polar surface area (TPSA) is 95.3 Å². The van der Waals surface area contributed by atoms with Gasteiger partial charge in [0.05, 0.1) is 23.3 Å². The van der Waals surface area contributed by atoms with Crippen LogP contribution in [0.25, 0.3) is 0 Å². The third-order valence-electron chi connectivity index (χ3n) is 3.31. The molecule has 1 aromatic heterocycles. The summed E-state index contributed by atoms with van der Waals surface area (Å²) in [5.41, 5.74) is -0.293. The number of H-pyrrole nitrogens is 1. The Labute approximate surface area is 114 Å². The Hall–Kier alpha value is -1.05.